The highest BCUT2D eigenvalue weighted by Gasteiger charge is 2.13. The molecule has 4 aromatic heterocycles. The summed E-state index contributed by atoms with van der Waals surface area (Å²) in [5.74, 6) is 0.619. The number of methoxy groups -OCH3 is 1. The van der Waals surface area contributed by atoms with E-state index in [1.807, 2.05) is 6.07 Å². The fraction of sp³-hybridized carbons (Fsp3) is 0.286. The first kappa shape index (κ1) is 19.9. The fourth-order valence-electron chi connectivity index (χ4n) is 3.07. The van der Waals surface area contributed by atoms with Crippen LogP contribution in [0, 0.1) is 0 Å². The Kier molecular flexibility index (Phi) is 5.92. The van der Waals surface area contributed by atoms with E-state index in [2.05, 4.69) is 20.2 Å². The van der Waals surface area contributed by atoms with Gasteiger partial charge in [0.1, 0.15) is 29.1 Å². The van der Waals surface area contributed by atoms with Gasteiger partial charge in [-0.15, -0.1) is 10.2 Å². The van der Waals surface area contributed by atoms with E-state index >= 15 is 0 Å². The van der Waals surface area contributed by atoms with Crippen LogP contribution in [0.15, 0.2) is 47.5 Å². The van der Waals surface area contributed by atoms with Gasteiger partial charge < -0.3 is 18.8 Å². The van der Waals surface area contributed by atoms with Crippen molar-refractivity contribution in [2.75, 3.05) is 33.5 Å². The van der Waals surface area contributed by atoms with Crippen molar-refractivity contribution in [2.45, 2.75) is 0 Å². The smallest absolute Gasteiger partial charge is 0.260 e. The number of rotatable bonds is 8. The molecule has 4 rings (SSSR count). The molecule has 4 aromatic rings. The van der Waals surface area contributed by atoms with Crippen molar-refractivity contribution in [3.63, 3.8) is 0 Å². The predicted molar refractivity (Wildman–Crippen MR) is 112 cm³/mol. The molecule has 9 nitrogen and oxygen atoms in total. The number of pyridine rings is 3. The third-order valence-electron chi connectivity index (χ3n) is 4.63. The summed E-state index contributed by atoms with van der Waals surface area (Å²) >= 11 is 0. The van der Waals surface area contributed by atoms with Crippen LogP contribution in [0.4, 0.5) is 0 Å². The molecule has 0 aliphatic carbocycles. The van der Waals surface area contributed by atoms with Gasteiger partial charge in [-0.1, -0.05) is 0 Å². The van der Waals surface area contributed by atoms with Crippen molar-refractivity contribution in [2.24, 2.45) is 7.05 Å². The van der Waals surface area contributed by atoms with Gasteiger partial charge in [0, 0.05) is 20.4 Å². The number of nitrogens with zero attached hydrogens (tertiary/aromatic N) is 5. The SMILES string of the molecule is COCCOCCOc1ccc(-c2cc3c(=O)n(C)c4cccnc4c3nn2)nc1. The zero-order valence-corrected chi connectivity index (χ0v) is 16.7. The Morgan fingerprint density at radius 2 is 1.83 bits per heavy atom. The minimum absolute atomic E-state index is 0.157. The summed E-state index contributed by atoms with van der Waals surface area (Å²) in [6, 6.07) is 8.89. The highest BCUT2D eigenvalue weighted by atomic mass is 16.5. The molecule has 0 radical (unpaired) electrons. The standard InChI is InChI=1S/C21H21N5O4/c1-26-18-4-3-7-22-20(18)19-15(21(26)27)12-17(24-25-19)16-6-5-14(13-23-16)30-11-10-29-9-8-28-2/h3-7,12-13H,8-11H2,1-2H3. The van der Waals surface area contributed by atoms with Gasteiger partial charge in [-0.25, -0.2) is 0 Å². The van der Waals surface area contributed by atoms with Gasteiger partial charge in [-0.3, -0.25) is 14.8 Å². The summed E-state index contributed by atoms with van der Waals surface area (Å²) < 4.78 is 17.4. The van der Waals surface area contributed by atoms with Gasteiger partial charge in [0.2, 0.25) is 0 Å². The first-order chi connectivity index (χ1) is 14.7. The van der Waals surface area contributed by atoms with Crippen molar-refractivity contribution in [3.8, 4) is 17.1 Å². The molecular formula is C21H21N5O4. The average Bonchev–Trinajstić information content (AvgIpc) is 2.80. The fourth-order valence-corrected chi connectivity index (χ4v) is 3.07. The number of hydrogen-bond donors (Lipinski definition) is 0. The average molecular weight is 407 g/mol. The topological polar surface area (TPSA) is 101 Å². The molecule has 30 heavy (non-hydrogen) atoms. The van der Waals surface area contributed by atoms with Gasteiger partial charge in [-0.2, -0.15) is 0 Å². The number of aryl methyl sites for hydroxylation is 1. The van der Waals surface area contributed by atoms with E-state index in [0.29, 0.717) is 65.5 Å². The maximum atomic E-state index is 12.8. The molecule has 0 saturated carbocycles. The number of fused-ring (bicyclic) bond motifs is 3. The molecule has 0 aliphatic heterocycles. The van der Waals surface area contributed by atoms with Gasteiger partial charge >= 0.3 is 0 Å². The van der Waals surface area contributed by atoms with Gasteiger partial charge in [0.15, 0.2) is 0 Å². The van der Waals surface area contributed by atoms with Crippen molar-refractivity contribution >= 4 is 21.9 Å². The van der Waals surface area contributed by atoms with Crippen LogP contribution in [-0.4, -0.2) is 58.3 Å². The maximum Gasteiger partial charge on any atom is 0.260 e. The summed E-state index contributed by atoms with van der Waals surface area (Å²) in [7, 11) is 3.35. The molecule has 0 fully saturated rings. The van der Waals surface area contributed by atoms with Crippen LogP contribution in [0.25, 0.3) is 33.3 Å². The molecule has 4 heterocycles. The molecule has 0 aromatic carbocycles. The van der Waals surface area contributed by atoms with Crippen LogP contribution in [0.2, 0.25) is 0 Å². The molecule has 0 unspecified atom stereocenters. The highest BCUT2D eigenvalue weighted by molar-refractivity contribution is 6.00. The second-order valence-electron chi connectivity index (χ2n) is 6.56. The van der Waals surface area contributed by atoms with E-state index in [9.17, 15) is 4.79 Å². The Morgan fingerprint density at radius 1 is 0.967 bits per heavy atom. The summed E-state index contributed by atoms with van der Waals surface area (Å²) in [4.78, 5) is 21.6. The van der Waals surface area contributed by atoms with Crippen LogP contribution >= 0.6 is 0 Å². The lowest BCUT2D eigenvalue weighted by Crippen LogP contribution is -2.18. The lowest BCUT2D eigenvalue weighted by atomic mass is 10.1. The third kappa shape index (κ3) is 3.98. The molecule has 0 spiro atoms. The summed E-state index contributed by atoms with van der Waals surface area (Å²) in [6.07, 6.45) is 3.28. The van der Waals surface area contributed by atoms with Crippen LogP contribution < -0.4 is 10.3 Å². The minimum Gasteiger partial charge on any atom is -0.490 e. The van der Waals surface area contributed by atoms with Crippen molar-refractivity contribution in [3.05, 3.63) is 53.1 Å². The molecule has 0 saturated heterocycles. The summed E-state index contributed by atoms with van der Waals surface area (Å²) in [5, 5.41) is 8.98. The Labute approximate surface area is 172 Å². The largest absolute Gasteiger partial charge is 0.490 e. The zero-order valence-electron chi connectivity index (χ0n) is 16.7. The quantitative estimate of drug-likeness (QED) is 0.323. The highest BCUT2D eigenvalue weighted by Crippen LogP contribution is 2.22. The number of hydrogen-bond acceptors (Lipinski definition) is 8. The first-order valence-corrected chi connectivity index (χ1v) is 9.46. The van der Waals surface area contributed by atoms with E-state index in [-0.39, 0.29) is 5.56 Å². The van der Waals surface area contributed by atoms with Crippen LogP contribution in [-0.2, 0) is 16.5 Å². The van der Waals surface area contributed by atoms with E-state index in [1.54, 1.807) is 55.4 Å². The van der Waals surface area contributed by atoms with Crippen molar-refractivity contribution in [1.29, 1.82) is 0 Å². The predicted octanol–water partition coefficient (Wildman–Crippen LogP) is 1.98. The number of aromatic nitrogens is 5. The number of ether oxygens (including phenoxy) is 3. The third-order valence-corrected chi connectivity index (χ3v) is 4.63. The van der Waals surface area contributed by atoms with Gasteiger partial charge in [0.05, 0.1) is 42.6 Å². The first-order valence-electron chi connectivity index (χ1n) is 9.46. The Morgan fingerprint density at radius 3 is 2.63 bits per heavy atom. The lowest BCUT2D eigenvalue weighted by Gasteiger charge is -2.09. The monoisotopic (exact) mass is 407 g/mol. The molecule has 0 bridgehead atoms. The maximum absolute atomic E-state index is 12.8. The Bertz CT molecular complexity index is 1220. The second-order valence-corrected chi connectivity index (χ2v) is 6.56. The Balaban J connectivity index is 1.56. The normalized spacial score (nSPS) is 11.3. The van der Waals surface area contributed by atoms with E-state index < -0.39 is 0 Å². The molecule has 0 amide bonds. The minimum atomic E-state index is -0.157. The molecular weight excluding hydrogens is 386 g/mol. The molecule has 0 N–H and O–H groups in total. The molecule has 0 atom stereocenters. The van der Waals surface area contributed by atoms with Crippen molar-refractivity contribution < 1.29 is 14.2 Å². The Hall–Kier alpha value is -3.43. The van der Waals surface area contributed by atoms with Crippen LogP contribution in [0.5, 0.6) is 5.75 Å². The van der Waals surface area contributed by atoms with E-state index in [0.717, 1.165) is 0 Å². The second kappa shape index (κ2) is 8.93. The summed E-state index contributed by atoms with van der Waals surface area (Å²) in [5.41, 5.74) is 2.77. The van der Waals surface area contributed by atoms with Crippen LogP contribution in [0.1, 0.15) is 0 Å². The van der Waals surface area contributed by atoms with E-state index in [4.69, 9.17) is 14.2 Å². The lowest BCUT2D eigenvalue weighted by molar-refractivity contribution is 0.0544. The van der Waals surface area contributed by atoms with Crippen LogP contribution in [0.3, 0.4) is 0 Å². The summed E-state index contributed by atoms with van der Waals surface area (Å²) in [6.45, 7) is 1.96. The van der Waals surface area contributed by atoms with Gasteiger partial charge in [-0.05, 0) is 30.3 Å². The van der Waals surface area contributed by atoms with Crippen molar-refractivity contribution in [1.82, 2.24) is 24.7 Å². The van der Waals surface area contributed by atoms with Gasteiger partial charge in [0.25, 0.3) is 5.56 Å². The zero-order chi connectivity index (χ0) is 20.9. The molecule has 0 aliphatic rings. The molecule has 154 valence electrons. The molecule has 9 heteroatoms. The van der Waals surface area contributed by atoms with E-state index in [1.165, 1.54) is 0 Å².